The van der Waals surface area contributed by atoms with Gasteiger partial charge in [0.05, 0.1) is 0 Å². The van der Waals surface area contributed by atoms with Gasteiger partial charge in [-0.05, 0) is 6.07 Å². The second-order valence-corrected chi connectivity index (χ2v) is 3.59. The first-order valence-corrected chi connectivity index (χ1v) is 5.10. The zero-order chi connectivity index (χ0) is 12.3. The summed E-state index contributed by atoms with van der Waals surface area (Å²) in [5.74, 6) is 0.193. The van der Waals surface area contributed by atoms with Crippen LogP contribution in [0.5, 0.6) is 0 Å². The fourth-order valence-corrected chi connectivity index (χ4v) is 1.41. The van der Waals surface area contributed by atoms with Crippen molar-refractivity contribution in [2.75, 3.05) is 5.32 Å². The summed E-state index contributed by atoms with van der Waals surface area (Å²) in [6.45, 7) is -0.0176. The molecule has 0 saturated heterocycles. The van der Waals surface area contributed by atoms with Crippen molar-refractivity contribution in [1.82, 2.24) is 14.3 Å². The summed E-state index contributed by atoms with van der Waals surface area (Å²) in [6.07, 6.45) is 3.30. The smallest absolute Gasteiger partial charge is 0.250 e. The lowest BCUT2D eigenvalue weighted by molar-refractivity contribution is -0.116. The molecule has 0 aromatic carbocycles. The highest BCUT2D eigenvalue weighted by molar-refractivity contribution is 5.89. The van der Waals surface area contributed by atoms with Crippen molar-refractivity contribution in [2.45, 2.75) is 6.54 Å². The molecule has 0 aliphatic carbocycles. The van der Waals surface area contributed by atoms with E-state index in [-0.39, 0.29) is 18.0 Å². The van der Waals surface area contributed by atoms with Gasteiger partial charge in [0.15, 0.2) is 5.82 Å². The van der Waals surface area contributed by atoms with E-state index in [0.717, 1.165) is 0 Å². The SMILES string of the molecule is Cn1ccc(NC(=O)Cn2ccccc2=O)n1. The molecule has 0 saturated carbocycles. The molecule has 2 rings (SSSR count). The third kappa shape index (κ3) is 2.81. The van der Waals surface area contributed by atoms with Crippen LogP contribution in [0, 0.1) is 0 Å². The van der Waals surface area contributed by atoms with Crippen LogP contribution in [0.2, 0.25) is 0 Å². The van der Waals surface area contributed by atoms with Crippen molar-refractivity contribution >= 4 is 11.7 Å². The number of hydrogen-bond acceptors (Lipinski definition) is 3. The highest BCUT2D eigenvalue weighted by Gasteiger charge is 2.05. The van der Waals surface area contributed by atoms with Crippen LogP contribution < -0.4 is 10.9 Å². The molecule has 0 spiro atoms. The average molecular weight is 232 g/mol. The molecule has 6 nitrogen and oxygen atoms in total. The van der Waals surface area contributed by atoms with Crippen molar-refractivity contribution in [3.63, 3.8) is 0 Å². The molecule has 6 heteroatoms. The van der Waals surface area contributed by atoms with E-state index >= 15 is 0 Å². The lowest BCUT2D eigenvalue weighted by Gasteiger charge is -2.04. The van der Waals surface area contributed by atoms with E-state index in [2.05, 4.69) is 10.4 Å². The minimum atomic E-state index is -0.281. The van der Waals surface area contributed by atoms with Gasteiger partial charge >= 0.3 is 0 Å². The summed E-state index contributed by atoms with van der Waals surface area (Å²) in [6, 6.07) is 6.44. The minimum absolute atomic E-state index is 0.0176. The molecule has 17 heavy (non-hydrogen) atoms. The van der Waals surface area contributed by atoms with Crippen LogP contribution in [-0.4, -0.2) is 20.3 Å². The Balaban J connectivity index is 2.03. The Morgan fingerprint density at radius 2 is 2.18 bits per heavy atom. The molecule has 0 bridgehead atoms. The fraction of sp³-hybridized carbons (Fsp3) is 0.182. The van der Waals surface area contributed by atoms with E-state index in [1.807, 2.05) is 0 Å². The van der Waals surface area contributed by atoms with Gasteiger partial charge in [-0.1, -0.05) is 6.07 Å². The Morgan fingerprint density at radius 1 is 1.35 bits per heavy atom. The van der Waals surface area contributed by atoms with Gasteiger partial charge in [-0.15, -0.1) is 0 Å². The number of rotatable bonds is 3. The maximum atomic E-state index is 11.6. The maximum absolute atomic E-state index is 11.6. The molecule has 0 aliphatic rings. The van der Waals surface area contributed by atoms with E-state index in [0.29, 0.717) is 5.82 Å². The lowest BCUT2D eigenvalue weighted by Crippen LogP contribution is -2.26. The summed E-state index contributed by atoms with van der Waals surface area (Å²) in [4.78, 5) is 23.0. The first-order chi connectivity index (χ1) is 8.15. The summed E-state index contributed by atoms with van der Waals surface area (Å²) >= 11 is 0. The van der Waals surface area contributed by atoms with E-state index in [1.165, 1.54) is 10.6 Å². The zero-order valence-corrected chi connectivity index (χ0v) is 9.33. The van der Waals surface area contributed by atoms with Crippen LogP contribution in [0.3, 0.4) is 0 Å². The number of aryl methyl sites for hydroxylation is 1. The van der Waals surface area contributed by atoms with Crippen molar-refractivity contribution in [3.8, 4) is 0 Å². The Kier molecular flexibility index (Phi) is 3.04. The molecule has 0 radical (unpaired) electrons. The Labute approximate surface area is 97.5 Å². The van der Waals surface area contributed by atoms with Crippen LogP contribution in [-0.2, 0) is 18.4 Å². The Morgan fingerprint density at radius 3 is 2.82 bits per heavy atom. The quantitative estimate of drug-likeness (QED) is 0.823. The fourth-order valence-electron chi connectivity index (χ4n) is 1.41. The number of anilines is 1. The van der Waals surface area contributed by atoms with Gasteiger partial charge in [0.2, 0.25) is 5.91 Å². The van der Waals surface area contributed by atoms with Crippen molar-refractivity contribution < 1.29 is 4.79 Å². The number of nitrogens with one attached hydrogen (secondary N) is 1. The van der Waals surface area contributed by atoms with Crippen molar-refractivity contribution in [1.29, 1.82) is 0 Å². The second kappa shape index (κ2) is 4.65. The van der Waals surface area contributed by atoms with Gasteiger partial charge in [0.25, 0.3) is 5.56 Å². The number of aromatic nitrogens is 3. The molecule has 1 amide bonds. The zero-order valence-electron chi connectivity index (χ0n) is 9.33. The van der Waals surface area contributed by atoms with Crippen molar-refractivity contribution in [3.05, 3.63) is 47.0 Å². The lowest BCUT2D eigenvalue weighted by atomic mass is 10.4. The summed E-state index contributed by atoms with van der Waals surface area (Å²) in [5, 5.41) is 6.62. The molecule has 2 aromatic heterocycles. The minimum Gasteiger partial charge on any atom is -0.308 e. The number of amides is 1. The molecular weight excluding hydrogens is 220 g/mol. The van der Waals surface area contributed by atoms with Gasteiger partial charge in [-0.3, -0.25) is 14.3 Å². The molecule has 2 aromatic rings. The molecule has 2 heterocycles. The first kappa shape index (κ1) is 11.1. The van der Waals surface area contributed by atoms with Crippen molar-refractivity contribution in [2.24, 2.45) is 7.05 Å². The summed E-state index contributed by atoms with van der Waals surface area (Å²) in [7, 11) is 1.76. The summed E-state index contributed by atoms with van der Waals surface area (Å²) < 4.78 is 2.92. The van der Waals surface area contributed by atoms with E-state index in [4.69, 9.17) is 0 Å². The van der Waals surface area contributed by atoms with E-state index < -0.39 is 0 Å². The number of carbonyl (C=O) groups excluding carboxylic acids is 1. The standard InChI is InChI=1S/C11H12N4O2/c1-14-7-5-9(13-14)12-10(16)8-15-6-3-2-4-11(15)17/h2-7H,8H2,1H3,(H,12,13,16). The van der Waals surface area contributed by atoms with Gasteiger partial charge in [-0.25, -0.2) is 0 Å². The third-order valence-corrected chi connectivity index (χ3v) is 2.19. The van der Waals surface area contributed by atoms with Gasteiger partial charge < -0.3 is 9.88 Å². The number of carbonyl (C=O) groups is 1. The monoisotopic (exact) mass is 232 g/mol. The highest BCUT2D eigenvalue weighted by atomic mass is 16.2. The number of pyridine rings is 1. The molecule has 88 valence electrons. The average Bonchev–Trinajstić information content (AvgIpc) is 2.67. The first-order valence-electron chi connectivity index (χ1n) is 5.10. The van der Waals surface area contributed by atoms with Crippen LogP contribution in [0.1, 0.15) is 0 Å². The summed E-state index contributed by atoms with van der Waals surface area (Å²) in [5.41, 5.74) is -0.205. The van der Waals surface area contributed by atoms with E-state index in [9.17, 15) is 9.59 Å². The topological polar surface area (TPSA) is 68.9 Å². The molecule has 0 fully saturated rings. The van der Waals surface area contributed by atoms with E-state index in [1.54, 1.807) is 42.3 Å². The maximum Gasteiger partial charge on any atom is 0.250 e. The Hall–Kier alpha value is -2.37. The second-order valence-electron chi connectivity index (χ2n) is 3.59. The Bertz CT molecular complexity index is 585. The number of hydrogen-bond donors (Lipinski definition) is 1. The number of nitrogens with zero attached hydrogens (tertiary/aromatic N) is 3. The van der Waals surface area contributed by atoms with Crippen LogP contribution >= 0.6 is 0 Å². The third-order valence-electron chi connectivity index (χ3n) is 2.19. The van der Waals surface area contributed by atoms with Crippen LogP contribution in [0.15, 0.2) is 41.5 Å². The normalized spacial score (nSPS) is 10.2. The molecule has 1 N–H and O–H groups in total. The van der Waals surface area contributed by atoms with Crippen LogP contribution in [0.4, 0.5) is 5.82 Å². The van der Waals surface area contributed by atoms with Crippen LogP contribution in [0.25, 0.3) is 0 Å². The molecule has 0 atom stereocenters. The molecule has 0 aliphatic heterocycles. The highest BCUT2D eigenvalue weighted by Crippen LogP contribution is 2.00. The molecule has 0 unspecified atom stereocenters. The van der Waals surface area contributed by atoms with Gasteiger partial charge in [-0.2, -0.15) is 5.10 Å². The van der Waals surface area contributed by atoms with Gasteiger partial charge in [0, 0.05) is 31.6 Å². The molecular formula is C11H12N4O2. The van der Waals surface area contributed by atoms with Gasteiger partial charge in [0.1, 0.15) is 6.54 Å². The largest absolute Gasteiger partial charge is 0.308 e. The predicted octanol–water partition coefficient (Wildman–Crippen LogP) is 0.220. The predicted molar refractivity (Wildman–Crippen MR) is 62.5 cm³/mol.